The van der Waals surface area contributed by atoms with Gasteiger partial charge in [0.25, 0.3) is 0 Å². The summed E-state index contributed by atoms with van der Waals surface area (Å²) in [4.78, 5) is 1.28. The van der Waals surface area contributed by atoms with E-state index in [9.17, 15) is 0 Å². The molecule has 0 N–H and O–H groups in total. The molecule has 0 fully saturated rings. The molecule has 114 valence electrons. The number of hydrogen-bond donors (Lipinski definition) is 0. The molecular formula is C13H25N4OPS. The first-order valence-electron chi connectivity index (χ1n) is 6.60. The Bertz CT molecular complexity index is 448. The van der Waals surface area contributed by atoms with E-state index in [-0.39, 0.29) is 0 Å². The molecule has 0 amide bonds. The molecule has 0 unspecified atom stereocenters. The molecule has 0 bridgehead atoms. The standard InChI is InChI=1S/C13H25N4OPS/c1-14(2)19(15(3)4,16(5)6)18-17-11-20-13-10-8-7-9-12(13)17/h7-10,19H,11H2,1-6H3. The first-order chi connectivity index (χ1) is 9.39. The number of nitrogens with zero attached hydrogens (tertiary/aromatic N) is 4. The average Bonchev–Trinajstić information content (AvgIpc) is 2.77. The van der Waals surface area contributed by atoms with Gasteiger partial charge in [-0.05, 0) is 0 Å². The molecule has 0 aliphatic carbocycles. The molecule has 20 heavy (non-hydrogen) atoms. The molecule has 1 aromatic rings. The molecule has 0 saturated heterocycles. The van der Waals surface area contributed by atoms with Gasteiger partial charge in [-0.25, -0.2) is 0 Å². The van der Waals surface area contributed by atoms with Crippen LogP contribution in [0.3, 0.4) is 0 Å². The molecular weight excluding hydrogens is 291 g/mol. The van der Waals surface area contributed by atoms with Crippen LogP contribution in [0.25, 0.3) is 0 Å². The van der Waals surface area contributed by atoms with Gasteiger partial charge in [-0.15, -0.1) is 0 Å². The molecule has 0 radical (unpaired) electrons. The van der Waals surface area contributed by atoms with E-state index in [2.05, 4.69) is 80.6 Å². The van der Waals surface area contributed by atoms with Gasteiger partial charge in [0.05, 0.1) is 0 Å². The van der Waals surface area contributed by atoms with Crippen molar-refractivity contribution < 1.29 is 4.62 Å². The molecule has 7 heteroatoms. The summed E-state index contributed by atoms with van der Waals surface area (Å²) in [7, 11) is 10.2. The van der Waals surface area contributed by atoms with Gasteiger partial charge >= 0.3 is 126 Å². The summed E-state index contributed by atoms with van der Waals surface area (Å²) in [5.74, 6) is 0.837. The van der Waals surface area contributed by atoms with Crippen LogP contribution in [0.1, 0.15) is 0 Å². The van der Waals surface area contributed by atoms with E-state index in [0.717, 1.165) is 5.88 Å². The van der Waals surface area contributed by atoms with Crippen molar-refractivity contribution in [2.24, 2.45) is 0 Å². The van der Waals surface area contributed by atoms with E-state index in [1.165, 1.54) is 10.6 Å². The number of fused-ring (bicyclic) bond motifs is 1. The van der Waals surface area contributed by atoms with Gasteiger partial charge < -0.3 is 0 Å². The Morgan fingerprint density at radius 3 is 2.10 bits per heavy atom. The van der Waals surface area contributed by atoms with Gasteiger partial charge in [-0.1, -0.05) is 0 Å². The molecule has 0 spiro atoms. The predicted octanol–water partition coefficient (Wildman–Crippen LogP) is 2.58. The van der Waals surface area contributed by atoms with Crippen LogP contribution < -0.4 is 5.06 Å². The van der Waals surface area contributed by atoms with Crippen LogP contribution in [-0.4, -0.2) is 62.2 Å². The Kier molecular flexibility index (Phi) is 4.95. The third kappa shape index (κ3) is 2.69. The second-order valence-corrected chi connectivity index (χ2v) is 10.5. The van der Waals surface area contributed by atoms with Gasteiger partial charge in [0.15, 0.2) is 0 Å². The zero-order valence-corrected chi connectivity index (χ0v) is 14.9. The Labute approximate surface area is 127 Å². The zero-order valence-electron chi connectivity index (χ0n) is 13.1. The number of para-hydroxylation sites is 1. The van der Waals surface area contributed by atoms with E-state index in [1.54, 1.807) is 0 Å². The Morgan fingerprint density at radius 1 is 1.00 bits per heavy atom. The SMILES string of the molecule is CN(C)[PH](ON1CSc2ccccc21)(N(C)C)N(C)C. The molecule has 5 nitrogen and oxygen atoms in total. The molecule has 1 aliphatic rings. The number of rotatable bonds is 5. The van der Waals surface area contributed by atoms with Crippen LogP contribution >= 0.6 is 19.7 Å². The Morgan fingerprint density at radius 2 is 1.55 bits per heavy atom. The molecule has 1 heterocycles. The predicted molar refractivity (Wildman–Crippen MR) is 90.1 cm³/mol. The fourth-order valence-corrected chi connectivity index (χ4v) is 7.03. The Balaban J connectivity index is 2.30. The molecule has 1 aromatic carbocycles. The van der Waals surface area contributed by atoms with Crippen molar-refractivity contribution in [2.45, 2.75) is 4.90 Å². The van der Waals surface area contributed by atoms with E-state index in [1.807, 2.05) is 16.8 Å². The molecule has 0 atom stereocenters. The minimum atomic E-state index is -2.35. The maximum atomic E-state index is 6.54. The Hall–Kier alpha value is -0.360. The van der Waals surface area contributed by atoms with Crippen molar-refractivity contribution in [3.8, 4) is 0 Å². The second-order valence-electron chi connectivity index (χ2n) is 5.47. The van der Waals surface area contributed by atoms with Crippen LogP contribution in [0.4, 0.5) is 5.69 Å². The number of benzene rings is 1. The normalized spacial score (nSPS) is 16.4. The van der Waals surface area contributed by atoms with Crippen molar-refractivity contribution >= 4 is 25.4 Å². The molecule has 0 aromatic heterocycles. The van der Waals surface area contributed by atoms with Crippen LogP contribution in [-0.2, 0) is 4.62 Å². The summed E-state index contributed by atoms with van der Waals surface area (Å²) in [6.07, 6.45) is 0. The summed E-state index contributed by atoms with van der Waals surface area (Å²) < 4.78 is 13.2. The van der Waals surface area contributed by atoms with E-state index in [0.29, 0.717) is 0 Å². The number of hydrogen-bond acceptors (Lipinski definition) is 6. The van der Waals surface area contributed by atoms with E-state index in [4.69, 9.17) is 4.62 Å². The van der Waals surface area contributed by atoms with Gasteiger partial charge in [0.1, 0.15) is 0 Å². The van der Waals surface area contributed by atoms with Gasteiger partial charge in [0.2, 0.25) is 0 Å². The minimum absolute atomic E-state index is 0.837. The van der Waals surface area contributed by atoms with Gasteiger partial charge in [0, 0.05) is 0 Å². The van der Waals surface area contributed by atoms with E-state index < -0.39 is 7.94 Å². The summed E-state index contributed by atoms with van der Waals surface area (Å²) in [6, 6.07) is 8.40. The third-order valence-corrected chi connectivity index (χ3v) is 8.43. The number of thioether (sulfide) groups is 1. The van der Waals surface area contributed by atoms with Crippen molar-refractivity contribution in [3.63, 3.8) is 0 Å². The van der Waals surface area contributed by atoms with Crippen LogP contribution in [0.2, 0.25) is 0 Å². The number of hydroxylamine groups is 1. The van der Waals surface area contributed by atoms with Crippen molar-refractivity contribution in [2.75, 3.05) is 53.2 Å². The second kappa shape index (κ2) is 6.18. The summed E-state index contributed by atoms with van der Waals surface area (Å²) in [5.41, 5.74) is 1.17. The topological polar surface area (TPSA) is 22.2 Å². The van der Waals surface area contributed by atoms with Crippen LogP contribution in [0.5, 0.6) is 0 Å². The fraction of sp³-hybridized carbons (Fsp3) is 0.538. The molecule has 0 saturated carbocycles. The third-order valence-electron chi connectivity index (χ3n) is 3.45. The fourth-order valence-electron chi connectivity index (χ4n) is 2.65. The van der Waals surface area contributed by atoms with Gasteiger partial charge in [-0.2, -0.15) is 0 Å². The summed E-state index contributed by atoms with van der Waals surface area (Å²) in [6.45, 7) is 0. The van der Waals surface area contributed by atoms with Gasteiger partial charge in [-0.3, -0.25) is 0 Å². The van der Waals surface area contributed by atoms with Crippen LogP contribution in [0.15, 0.2) is 29.2 Å². The molecule has 2 rings (SSSR count). The summed E-state index contributed by atoms with van der Waals surface area (Å²) in [5, 5.41) is 2.03. The zero-order chi connectivity index (χ0) is 14.9. The monoisotopic (exact) mass is 316 g/mol. The average molecular weight is 316 g/mol. The van der Waals surface area contributed by atoms with Crippen molar-refractivity contribution in [3.05, 3.63) is 24.3 Å². The van der Waals surface area contributed by atoms with Crippen molar-refractivity contribution in [1.82, 2.24) is 14.0 Å². The first-order valence-corrected chi connectivity index (χ1v) is 9.34. The first kappa shape index (κ1) is 16.0. The van der Waals surface area contributed by atoms with E-state index >= 15 is 0 Å². The molecule has 1 aliphatic heterocycles. The summed E-state index contributed by atoms with van der Waals surface area (Å²) >= 11 is 1.82. The van der Waals surface area contributed by atoms with Crippen LogP contribution in [0, 0.1) is 0 Å². The number of anilines is 1. The quantitative estimate of drug-likeness (QED) is 0.773. The maximum absolute atomic E-state index is 6.54. The van der Waals surface area contributed by atoms with Crippen molar-refractivity contribution in [1.29, 1.82) is 0 Å².